The molecule has 3 nitrogen and oxygen atoms in total. The first kappa shape index (κ1) is 8.68. The van der Waals surface area contributed by atoms with Crippen LogP contribution in [0.5, 0.6) is 0 Å². The van der Waals surface area contributed by atoms with Crippen LogP contribution in [0.3, 0.4) is 0 Å². The van der Waals surface area contributed by atoms with Crippen LogP contribution >= 0.6 is 0 Å². The molecule has 0 atom stereocenters. The molecule has 64 valence electrons. The fourth-order valence-corrected chi connectivity index (χ4v) is 1.41. The largest absolute Gasteiger partial charge is 0.330 e. The van der Waals surface area contributed by atoms with Gasteiger partial charge >= 0.3 is 0 Å². The Morgan fingerprint density at radius 3 is 3.00 bits per heavy atom. The average molecular weight is 156 g/mol. The maximum Gasteiger partial charge on any atom is 0.146 e. The Morgan fingerprint density at radius 2 is 2.36 bits per heavy atom. The highest BCUT2D eigenvalue weighted by Gasteiger charge is 2.15. The van der Waals surface area contributed by atoms with Crippen molar-refractivity contribution in [1.29, 1.82) is 0 Å². The highest BCUT2D eigenvalue weighted by atomic mass is 16.1. The number of hydrogen-bond acceptors (Lipinski definition) is 3. The fraction of sp³-hybridized carbons (Fsp3) is 0.875. The first-order chi connectivity index (χ1) is 5.33. The summed E-state index contributed by atoms with van der Waals surface area (Å²) in [7, 11) is 0. The van der Waals surface area contributed by atoms with Gasteiger partial charge in [0.15, 0.2) is 0 Å². The lowest BCUT2D eigenvalue weighted by molar-refractivity contribution is -0.122. The van der Waals surface area contributed by atoms with Crippen LogP contribution in [0.2, 0.25) is 0 Å². The monoisotopic (exact) mass is 156 g/mol. The number of carbonyl (C=O) groups excluding carboxylic acids is 1. The summed E-state index contributed by atoms with van der Waals surface area (Å²) in [5.74, 6) is 0.383. The van der Waals surface area contributed by atoms with Gasteiger partial charge in [-0.1, -0.05) is 0 Å². The molecule has 0 aromatic rings. The molecule has 0 radical (unpaired) electrons. The van der Waals surface area contributed by atoms with Gasteiger partial charge in [0.1, 0.15) is 5.78 Å². The molecule has 1 heterocycles. The van der Waals surface area contributed by atoms with E-state index in [1.165, 1.54) is 0 Å². The minimum atomic E-state index is 0.383. The summed E-state index contributed by atoms with van der Waals surface area (Å²) in [6.45, 7) is 3.44. The van der Waals surface area contributed by atoms with Gasteiger partial charge in [0.2, 0.25) is 0 Å². The van der Waals surface area contributed by atoms with E-state index in [1.807, 2.05) is 0 Å². The van der Waals surface area contributed by atoms with Crippen molar-refractivity contribution in [2.75, 3.05) is 26.2 Å². The third kappa shape index (κ3) is 2.99. The molecule has 0 bridgehead atoms. The lowest BCUT2D eigenvalue weighted by Crippen LogP contribution is -2.36. The standard InChI is InChI=1S/C8H16N2O/c9-4-2-6-10-5-1-3-8(11)7-10/h1-7,9H2. The van der Waals surface area contributed by atoms with Crippen LogP contribution in [0, 0.1) is 0 Å². The van der Waals surface area contributed by atoms with Crippen LogP contribution in [-0.4, -0.2) is 36.9 Å². The summed E-state index contributed by atoms with van der Waals surface area (Å²) in [5, 5.41) is 0. The van der Waals surface area contributed by atoms with Crippen molar-refractivity contribution in [3.05, 3.63) is 0 Å². The lowest BCUT2D eigenvalue weighted by atomic mass is 10.1. The smallest absolute Gasteiger partial charge is 0.146 e. The molecule has 1 aliphatic heterocycles. The molecule has 0 aromatic heterocycles. The Balaban J connectivity index is 2.17. The number of ketones is 1. The van der Waals surface area contributed by atoms with E-state index < -0.39 is 0 Å². The van der Waals surface area contributed by atoms with Gasteiger partial charge in [-0.25, -0.2) is 0 Å². The van der Waals surface area contributed by atoms with Crippen molar-refractivity contribution in [3.8, 4) is 0 Å². The fourth-order valence-electron chi connectivity index (χ4n) is 1.41. The Hall–Kier alpha value is -0.410. The number of rotatable bonds is 3. The molecule has 1 saturated heterocycles. The summed E-state index contributed by atoms with van der Waals surface area (Å²) in [6.07, 6.45) is 2.82. The predicted molar refractivity (Wildman–Crippen MR) is 44.4 cm³/mol. The van der Waals surface area contributed by atoms with Gasteiger partial charge in [0.05, 0.1) is 6.54 Å². The zero-order valence-electron chi connectivity index (χ0n) is 6.88. The van der Waals surface area contributed by atoms with E-state index in [0.717, 1.165) is 38.9 Å². The zero-order chi connectivity index (χ0) is 8.10. The molecule has 3 heteroatoms. The Kier molecular flexibility index (Phi) is 3.52. The predicted octanol–water partition coefficient (Wildman–Crippen LogP) is 0.000100. The quantitative estimate of drug-likeness (QED) is 0.625. The van der Waals surface area contributed by atoms with Crippen molar-refractivity contribution in [1.82, 2.24) is 4.90 Å². The van der Waals surface area contributed by atoms with E-state index in [-0.39, 0.29) is 0 Å². The highest BCUT2D eigenvalue weighted by Crippen LogP contribution is 2.05. The Labute approximate surface area is 67.5 Å². The molecule has 0 aliphatic carbocycles. The summed E-state index contributed by atoms with van der Waals surface area (Å²) in [6, 6.07) is 0. The van der Waals surface area contributed by atoms with Gasteiger partial charge in [0.25, 0.3) is 0 Å². The minimum Gasteiger partial charge on any atom is -0.330 e. The van der Waals surface area contributed by atoms with Gasteiger partial charge in [0, 0.05) is 6.42 Å². The first-order valence-electron chi connectivity index (χ1n) is 4.27. The van der Waals surface area contributed by atoms with E-state index in [1.54, 1.807) is 0 Å². The second-order valence-corrected chi connectivity index (χ2v) is 3.06. The van der Waals surface area contributed by atoms with Crippen LogP contribution < -0.4 is 5.73 Å². The van der Waals surface area contributed by atoms with Crippen LogP contribution in [-0.2, 0) is 4.79 Å². The Morgan fingerprint density at radius 1 is 1.55 bits per heavy atom. The van der Waals surface area contributed by atoms with E-state index >= 15 is 0 Å². The molecule has 0 amide bonds. The summed E-state index contributed by atoms with van der Waals surface area (Å²) < 4.78 is 0. The molecule has 0 aromatic carbocycles. The molecule has 1 aliphatic rings. The molecule has 2 N–H and O–H groups in total. The molecular weight excluding hydrogens is 140 g/mol. The van der Waals surface area contributed by atoms with E-state index in [0.29, 0.717) is 12.3 Å². The molecule has 0 saturated carbocycles. The highest BCUT2D eigenvalue weighted by molar-refractivity contribution is 5.81. The Bertz CT molecular complexity index is 136. The van der Waals surface area contributed by atoms with Crippen LogP contribution in [0.15, 0.2) is 0 Å². The molecule has 11 heavy (non-hydrogen) atoms. The molecule has 0 unspecified atom stereocenters. The van der Waals surface area contributed by atoms with Crippen molar-refractivity contribution in [2.45, 2.75) is 19.3 Å². The average Bonchev–Trinajstić information content (AvgIpc) is 2.01. The van der Waals surface area contributed by atoms with Crippen molar-refractivity contribution >= 4 is 5.78 Å². The second-order valence-electron chi connectivity index (χ2n) is 3.06. The van der Waals surface area contributed by atoms with Crippen LogP contribution in [0.1, 0.15) is 19.3 Å². The van der Waals surface area contributed by atoms with Crippen LogP contribution in [0.25, 0.3) is 0 Å². The third-order valence-electron chi connectivity index (χ3n) is 2.01. The minimum absolute atomic E-state index is 0.383. The maximum atomic E-state index is 11.0. The van der Waals surface area contributed by atoms with Crippen molar-refractivity contribution in [3.63, 3.8) is 0 Å². The summed E-state index contributed by atoms with van der Waals surface area (Å²) in [5.41, 5.74) is 5.37. The first-order valence-corrected chi connectivity index (χ1v) is 4.27. The lowest BCUT2D eigenvalue weighted by Gasteiger charge is -2.24. The number of Topliss-reactive ketones (excluding diaryl/α,β-unsaturated/α-hetero) is 1. The number of likely N-dealkylation sites (tertiary alicyclic amines) is 1. The van der Waals surface area contributed by atoms with Gasteiger partial charge in [-0.3, -0.25) is 9.69 Å². The molecule has 1 fully saturated rings. The van der Waals surface area contributed by atoms with Crippen molar-refractivity contribution < 1.29 is 4.79 Å². The summed E-state index contributed by atoms with van der Waals surface area (Å²) in [4.78, 5) is 13.2. The number of piperidine rings is 1. The number of carbonyl (C=O) groups is 1. The van der Waals surface area contributed by atoms with Gasteiger partial charge in [-0.15, -0.1) is 0 Å². The van der Waals surface area contributed by atoms with Gasteiger partial charge in [-0.05, 0) is 32.5 Å². The summed E-state index contributed by atoms with van der Waals surface area (Å²) >= 11 is 0. The van der Waals surface area contributed by atoms with Gasteiger partial charge in [-0.2, -0.15) is 0 Å². The molecule has 0 spiro atoms. The van der Waals surface area contributed by atoms with Crippen LogP contribution in [0.4, 0.5) is 0 Å². The third-order valence-corrected chi connectivity index (χ3v) is 2.01. The van der Waals surface area contributed by atoms with E-state index in [2.05, 4.69) is 4.90 Å². The number of hydrogen-bond donors (Lipinski definition) is 1. The van der Waals surface area contributed by atoms with Crippen molar-refractivity contribution in [2.24, 2.45) is 5.73 Å². The van der Waals surface area contributed by atoms with Gasteiger partial charge < -0.3 is 5.73 Å². The molecule has 1 rings (SSSR count). The van der Waals surface area contributed by atoms with E-state index in [9.17, 15) is 4.79 Å². The maximum absolute atomic E-state index is 11.0. The normalized spacial score (nSPS) is 20.6. The number of nitrogens with two attached hydrogens (primary N) is 1. The second kappa shape index (κ2) is 4.46. The molecular formula is C8H16N2O. The number of nitrogens with zero attached hydrogens (tertiary/aromatic N) is 1. The van der Waals surface area contributed by atoms with E-state index in [4.69, 9.17) is 5.73 Å². The zero-order valence-corrected chi connectivity index (χ0v) is 6.88. The SMILES string of the molecule is NCCCN1CCCC(=O)C1. The topological polar surface area (TPSA) is 46.3 Å².